The fourth-order valence-corrected chi connectivity index (χ4v) is 2.67. The first-order chi connectivity index (χ1) is 7.88. The van der Waals surface area contributed by atoms with Gasteiger partial charge in [-0.25, -0.2) is 0 Å². The number of halogens is 3. The molecule has 0 amide bonds. The minimum Gasteiger partial charge on any atom is -0.166 e. The molecule has 17 heavy (non-hydrogen) atoms. The van der Waals surface area contributed by atoms with E-state index in [1.165, 1.54) is 12.1 Å². The van der Waals surface area contributed by atoms with Gasteiger partial charge in [-0.3, -0.25) is 0 Å². The molecule has 0 bridgehead atoms. The predicted octanol–water partition coefficient (Wildman–Crippen LogP) is 4.86. The van der Waals surface area contributed by atoms with E-state index < -0.39 is 11.7 Å². The van der Waals surface area contributed by atoms with Crippen molar-refractivity contribution in [3.05, 3.63) is 35.4 Å². The third-order valence-corrected chi connectivity index (χ3v) is 3.99. The van der Waals surface area contributed by atoms with Crippen LogP contribution in [-0.2, 0) is 6.18 Å². The molecule has 0 spiro atoms. The molecule has 1 aliphatic rings. The first-order valence-electron chi connectivity index (χ1n) is 6.05. The number of benzene rings is 1. The normalized spacial score (nSPS) is 29.6. The van der Waals surface area contributed by atoms with E-state index in [1.807, 2.05) is 0 Å². The van der Waals surface area contributed by atoms with Crippen LogP contribution in [0.5, 0.6) is 0 Å². The van der Waals surface area contributed by atoms with Crippen molar-refractivity contribution in [2.24, 2.45) is 11.8 Å². The predicted molar refractivity (Wildman–Crippen MR) is 61.7 cm³/mol. The van der Waals surface area contributed by atoms with Crippen molar-refractivity contribution in [2.75, 3.05) is 0 Å². The highest BCUT2D eigenvalue weighted by atomic mass is 19.4. The lowest BCUT2D eigenvalue weighted by molar-refractivity contribution is -0.137. The van der Waals surface area contributed by atoms with Crippen LogP contribution in [0.1, 0.15) is 43.7 Å². The molecule has 1 aromatic rings. The monoisotopic (exact) mass is 242 g/mol. The average molecular weight is 242 g/mol. The van der Waals surface area contributed by atoms with E-state index in [0.29, 0.717) is 17.8 Å². The van der Waals surface area contributed by atoms with Crippen LogP contribution in [0.3, 0.4) is 0 Å². The summed E-state index contributed by atoms with van der Waals surface area (Å²) in [5.41, 5.74) is 0.495. The maximum atomic E-state index is 12.4. The van der Waals surface area contributed by atoms with Crippen molar-refractivity contribution in [1.82, 2.24) is 0 Å². The van der Waals surface area contributed by atoms with Gasteiger partial charge in [0, 0.05) is 0 Å². The molecule has 0 radical (unpaired) electrons. The Labute approximate surface area is 99.8 Å². The molecular formula is C14H17F3. The Balaban J connectivity index is 2.14. The summed E-state index contributed by atoms with van der Waals surface area (Å²) in [5.74, 6) is 1.77. The molecule has 1 aromatic carbocycles. The zero-order chi connectivity index (χ0) is 12.6. The molecule has 94 valence electrons. The van der Waals surface area contributed by atoms with Gasteiger partial charge in [0.25, 0.3) is 0 Å². The highest BCUT2D eigenvalue weighted by Gasteiger charge is 2.32. The lowest BCUT2D eigenvalue weighted by Crippen LogP contribution is -2.05. The molecule has 0 aliphatic heterocycles. The van der Waals surface area contributed by atoms with Crippen molar-refractivity contribution in [2.45, 2.75) is 38.8 Å². The van der Waals surface area contributed by atoms with Crippen LogP contribution in [0.15, 0.2) is 24.3 Å². The summed E-state index contributed by atoms with van der Waals surface area (Å²) in [7, 11) is 0. The summed E-state index contributed by atoms with van der Waals surface area (Å²) in [6, 6.07) is 5.67. The van der Waals surface area contributed by atoms with Crippen LogP contribution >= 0.6 is 0 Å². The fraction of sp³-hybridized carbons (Fsp3) is 0.571. The molecule has 0 heterocycles. The second-order valence-electron chi connectivity index (χ2n) is 5.24. The second kappa shape index (κ2) is 4.35. The summed E-state index contributed by atoms with van der Waals surface area (Å²) < 4.78 is 37.3. The van der Waals surface area contributed by atoms with Gasteiger partial charge in [-0.1, -0.05) is 26.0 Å². The first kappa shape index (κ1) is 12.5. The number of alkyl halides is 3. The van der Waals surface area contributed by atoms with Crippen LogP contribution in [0, 0.1) is 11.8 Å². The molecule has 3 atom stereocenters. The van der Waals surface area contributed by atoms with Gasteiger partial charge in [0.05, 0.1) is 5.56 Å². The van der Waals surface area contributed by atoms with Crippen molar-refractivity contribution in [3.63, 3.8) is 0 Å². The summed E-state index contributed by atoms with van der Waals surface area (Å²) in [6.45, 7) is 4.43. The number of hydrogen-bond acceptors (Lipinski definition) is 0. The largest absolute Gasteiger partial charge is 0.416 e. The van der Waals surface area contributed by atoms with Gasteiger partial charge < -0.3 is 0 Å². The Bertz CT molecular complexity index is 367. The maximum Gasteiger partial charge on any atom is 0.416 e. The van der Waals surface area contributed by atoms with Gasteiger partial charge in [-0.05, 0) is 48.3 Å². The summed E-state index contributed by atoms with van der Waals surface area (Å²) >= 11 is 0. The van der Waals surface area contributed by atoms with Crippen LogP contribution < -0.4 is 0 Å². The van der Waals surface area contributed by atoms with Crippen LogP contribution in [0.2, 0.25) is 0 Å². The van der Waals surface area contributed by atoms with Gasteiger partial charge in [-0.15, -0.1) is 0 Å². The van der Waals surface area contributed by atoms with Gasteiger partial charge in [0.1, 0.15) is 0 Å². The van der Waals surface area contributed by atoms with Crippen molar-refractivity contribution in [1.29, 1.82) is 0 Å². The van der Waals surface area contributed by atoms with E-state index in [-0.39, 0.29) is 0 Å². The van der Waals surface area contributed by atoms with E-state index >= 15 is 0 Å². The molecule has 1 saturated carbocycles. The highest BCUT2D eigenvalue weighted by Crippen LogP contribution is 2.42. The van der Waals surface area contributed by atoms with E-state index in [4.69, 9.17) is 0 Å². The lowest BCUT2D eigenvalue weighted by Gasteiger charge is -2.12. The van der Waals surface area contributed by atoms with Crippen LogP contribution in [0.25, 0.3) is 0 Å². The van der Waals surface area contributed by atoms with E-state index in [9.17, 15) is 13.2 Å². The zero-order valence-corrected chi connectivity index (χ0v) is 10.1. The van der Waals surface area contributed by atoms with Crippen molar-refractivity contribution >= 4 is 0 Å². The fourth-order valence-electron chi connectivity index (χ4n) is 2.67. The second-order valence-corrected chi connectivity index (χ2v) is 5.24. The molecule has 2 rings (SSSR count). The molecule has 0 N–H and O–H groups in total. The number of hydrogen-bond donors (Lipinski definition) is 0. The van der Waals surface area contributed by atoms with Crippen LogP contribution in [-0.4, -0.2) is 0 Å². The Kier molecular flexibility index (Phi) is 3.19. The molecule has 3 heteroatoms. The minimum atomic E-state index is -4.23. The summed E-state index contributed by atoms with van der Waals surface area (Å²) in [5, 5.41) is 0. The molecular weight excluding hydrogens is 225 g/mol. The number of rotatable bonds is 1. The maximum absolute atomic E-state index is 12.4. The topological polar surface area (TPSA) is 0 Å². The third kappa shape index (κ3) is 2.64. The Hall–Kier alpha value is -0.990. The smallest absolute Gasteiger partial charge is 0.166 e. The van der Waals surface area contributed by atoms with Gasteiger partial charge >= 0.3 is 6.18 Å². The van der Waals surface area contributed by atoms with E-state index in [0.717, 1.165) is 18.4 Å². The Morgan fingerprint density at radius 2 is 1.41 bits per heavy atom. The Morgan fingerprint density at radius 1 is 0.941 bits per heavy atom. The lowest BCUT2D eigenvalue weighted by atomic mass is 9.95. The molecule has 0 aromatic heterocycles. The average Bonchev–Trinajstić information content (AvgIpc) is 2.58. The molecule has 0 nitrogen and oxygen atoms in total. The summed E-state index contributed by atoms with van der Waals surface area (Å²) in [6.07, 6.45) is -2.05. The molecule has 0 unspecified atom stereocenters. The van der Waals surface area contributed by atoms with Crippen LogP contribution in [0.4, 0.5) is 13.2 Å². The summed E-state index contributed by atoms with van der Waals surface area (Å²) in [4.78, 5) is 0. The zero-order valence-electron chi connectivity index (χ0n) is 10.1. The quantitative estimate of drug-likeness (QED) is 0.660. The molecule has 0 saturated heterocycles. The standard InChI is InChI=1S/C14H17F3/c1-9-7-12(8-10(9)2)11-3-5-13(6-4-11)14(15,16)17/h3-6,9-10,12H,7-8H2,1-2H3/t9-,10+,12+. The van der Waals surface area contributed by atoms with Gasteiger partial charge in [0.15, 0.2) is 0 Å². The van der Waals surface area contributed by atoms with Crippen molar-refractivity contribution < 1.29 is 13.2 Å². The SMILES string of the molecule is C[C@@H]1C[C@H](c2ccc(C(F)(F)F)cc2)C[C@@H]1C. The molecule has 1 aliphatic carbocycles. The van der Waals surface area contributed by atoms with E-state index in [1.54, 1.807) is 12.1 Å². The molecule has 1 fully saturated rings. The first-order valence-corrected chi connectivity index (χ1v) is 6.05. The van der Waals surface area contributed by atoms with Gasteiger partial charge in [-0.2, -0.15) is 13.2 Å². The third-order valence-electron chi connectivity index (χ3n) is 3.99. The minimum absolute atomic E-state index is 0.433. The van der Waals surface area contributed by atoms with E-state index in [2.05, 4.69) is 13.8 Å². The van der Waals surface area contributed by atoms with Gasteiger partial charge in [0.2, 0.25) is 0 Å². The van der Waals surface area contributed by atoms with Crippen molar-refractivity contribution in [3.8, 4) is 0 Å². The Morgan fingerprint density at radius 3 is 1.82 bits per heavy atom. The highest BCUT2D eigenvalue weighted by molar-refractivity contribution is 5.27.